The van der Waals surface area contributed by atoms with E-state index < -0.39 is 12.0 Å². The summed E-state index contributed by atoms with van der Waals surface area (Å²) in [5.74, 6) is -0.127. The lowest BCUT2D eigenvalue weighted by Crippen LogP contribution is -2.49. The molecule has 1 heterocycles. The molecule has 1 N–H and O–H groups in total. The quantitative estimate of drug-likeness (QED) is 0.689. The number of hydrogen-bond donors (Lipinski definition) is 1. The predicted molar refractivity (Wildman–Crippen MR) is 56.6 cm³/mol. The minimum Gasteiger partial charge on any atom is -0.480 e. The van der Waals surface area contributed by atoms with Crippen molar-refractivity contribution < 1.29 is 9.90 Å². The fraction of sp³-hybridized carbons (Fsp3) is 0.714. The standard InChI is InChI=1S/C7H12N2O2S2/c1-5(6(10)11)9-3-8(2)7(12)13-4-9/h5H,3-4H2,1-2H3,(H,10,11)/t5-/m0/s1. The molecule has 0 aromatic carbocycles. The lowest BCUT2D eigenvalue weighted by Gasteiger charge is -2.36. The highest BCUT2D eigenvalue weighted by atomic mass is 32.2. The van der Waals surface area contributed by atoms with E-state index in [1.54, 1.807) is 6.92 Å². The molecule has 1 aliphatic heterocycles. The van der Waals surface area contributed by atoms with Crippen molar-refractivity contribution in [1.82, 2.24) is 9.80 Å². The Morgan fingerprint density at radius 2 is 2.38 bits per heavy atom. The Morgan fingerprint density at radius 3 is 2.85 bits per heavy atom. The van der Waals surface area contributed by atoms with Gasteiger partial charge in [0.2, 0.25) is 0 Å². The van der Waals surface area contributed by atoms with Crippen LogP contribution in [0.3, 0.4) is 0 Å². The number of nitrogens with zero attached hydrogens (tertiary/aromatic N) is 2. The van der Waals surface area contributed by atoms with Gasteiger partial charge in [-0.3, -0.25) is 9.69 Å². The van der Waals surface area contributed by atoms with E-state index in [2.05, 4.69) is 0 Å². The van der Waals surface area contributed by atoms with Gasteiger partial charge in [-0.1, -0.05) is 24.0 Å². The van der Waals surface area contributed by atoms with Gasteiger partial charge < -0.3 is 10.0 Å². The molecule has 0 bridgehead atoms. The predicted octanol–water partition coefficient (Wildman–Crippen LogP) is 0.640. The molecule has 13 heavy (non-hydrogen) atoms. The van der Waals surface area contributed by atoms with Gasteiger partial charge in [0.05, 0.1) is 12.5 Å². The molecule has 1 atom stereocenters. The summed E-state index contributed by atoms with van der Waals surface area (Å²) in [7, 11) is 1.87. The zero-order chi connectivity index (χ0) is 10.0. The number of rotatable bonds is 2. The summed E-state index contributed by atoms with van der Waals surface area (Å²) < 4.78 is 0.828. The number of aliphatic carboxylic acids is 1. The summed E-state index contributed by atoms with van der Waals surface area (Å²) in [4.78, 5) is 14.4. The van der Waals surface area contributed by atoms with Crippen molar-refractivity contribution >= 4 is 34.3 Å². The molecule has 0 amide bonds. The van der Waals surface area contributed by atoms with Crippen LogP contribution in [0.5, 0.6) is 0 Å². The van der Waals surface area contributed by atoms with Crippen molar-refractivity contribution in [3.63, 3.8) is 0 Å². The molecule has 4 nitrogen and oxygen atoms in total. The first kappa shape index (κ1) is 10.7. The summed E-state index contributed by atoms with van der Waals surface area (Å²) in [5, 5.41) is 8.78. The van der Waals surface area contributed by atoms with Crippen molar-refractivity contribution in [2.75, 3.05) is 19.6 Å². The van der Waals surface area contributed by atoms with Gasteiger partial charge in [-0.2, -0.15) is 0 Å². The number of carbonyl (C=O) groups is 1. The molecule has 74 valence electrons. The number of carboxylic acids is 1. The van der Waals surface area contributed by atoms with E-state index in [4.69, 9.17) is 17.3 Å². The lowest BCUT2D eigenvalue weighted by atomic mass is 10.3. The van der Waals surface area contributed by atoms with Crippen LogP contribution < -0.4 is 0 Å². The molecule has 0 aromatic rings. The molecule has 0 radical (unpaired) electrons. The van der Waals surface area contributed by atoms with Crippen molar-refractivity contribution in [2.24, 2.45) is 0 Å². The Labute approximate surface area is 86.9 Å². The van der Waals surface area contributed by atoms with Gasteiger partial charge >= 0.3 is 5.97 Å². The van der Waals surface area contributed by atoms with Crippen LogP contribution in [0.15, 0.2) is 0 Å². The van der Waals surface area contributed by atoms with Crippen LogP contribution in [0.2, 0.25) is 0 Å². The van der Waals surface area contributed by atoms with Gasteiger partial charge in [0.15, 0.2) is 0 Å². The maximum Gasteiger partial charge on any atom is 0.320 e. The minimum atomic E-state index is -0.790. The summed E-state index contributed by atoms with van der Waals surface area (Å²) in [5.41, 5.74) is 0. The number of hydrogen-bond acceptors (Lipinski definition) is 4. The van der Waals surface area contributed by atoms with Crippen molar-refractivity contribution in [3.8, 4) is 0 Å². The zero-order valence-electron chi connectivity index (χ0n) is 7.56. The van der Waals surface area contributed by atoms with Crippen LogP contribution in [-0.4, -0.2) is 50.8 Å². The summed E-state index contributed by atoms with van der Waals surface area (Å²) in [6.07, 6.45) is 0. The average molecular weight is 220 g/mol. The Bertz CT molecular complexity index is 235. The molecular formula is C7H12N2O2S2. The fourth-order valence-corrected chi connectivity index (χ4v) is 2.09. The van der Waals surface area contributed by atoms with Gasteiger partial charge in [-0.05, 0) is 6.92 Å². The molecule has 0 aliphatic carbocycles. The summed E-state index contributed by atoms with van der Waals surface area (Å²) >= 11 is 6.55. The molecule has 0 saturated carbocycles. The van der Waals surface area contributed by atoms with Crippen LogP contribution in [0.4, 0.5) is 0 Å². The van der Waals surface area contributed by atoms with Crippen LogP contribution in [0, 0.1) is 0 Å². The SMILES string of the molecule is C[C@@H](C(=O)O)N1CSC(=S)N(C)C1. The molecule has 1 rings (SSSR count). The van der Waals surface area contributed by atoms with Crippen molar-refractivity contribution in [1.29, 1.82) is 0 Å². The van der Waals surface area contributed by atoms with E-state index >= 15 is 0 Å². The molecule has 1 saturated heterocycles. The maximum absolute atomic E-state index is 10.7. The highest BCUT2D eigenvalue weighted by molar-refractivity contribution is 8.22. The topological polar surface area (TPSA) is 43.8 Å². The smallest absolute Gasteiger partial charge is 0.320 e. The third-order valence-electron chi connectivity index (χ3n) is 1.96. The molecule has 1 aliphatic rings. The third kappa shape index (κ3) is 2.55. The Morgan fingerprint density at radius 1 is 1.77 bits per heavy atom. The molecular weight excluding hydrogens is 208 g/mol. The zero-order valence-corrected chi connectivity index (χ0v) is 9.19. The normalized spacial score (nSPS) is 21.7. The number of carboxylic acid groups (broad SMARTS) is 1. The first-order valence-corrected chi connectivity index (χ1v) is 5.26. The van der Waals surface area contributed by atoms with E-state index in [1.165, 1.54) is 11.8 Å². The van der Waals surface area contributed by atoms with Crippen LogP contribution in [-0.2, 0) is 4.79 Å². The van der Waals surface area contributed by atoms with E-state index in [0.29, 0.717) is 12.5 Å². The largest absolute Gasteiger partial charge is 0.480 e. The van der Waals surface area contributed by atoms with Crippen LogP contribution >= 0.6 is 24.0 Å². The second-order valence-corrected chi connectivity index (χ2v) is 4.56. The highest BCUT2D eigenvalue weighted by Gasteiger charge is 2.26. The lowest BCUT2D eigenvalue weighted by molar-refractivity contribution is -0.142. The van der Waals surface area contributed by atoms with E-state index in [-0.39, 0.29) is 0 Å². The number of thiocarbonyl (C=S) groups is 1. The Kier molecular flexibility index (Phi) is 3.52. The van der Waals surface area contributed by atoms with Crippen LogP contribution in [0.1, 0.15) is 6.92 Å². The van der Waals surface area contributed by atoms with E-state index in [1.807, 2.05) is 16.8 Å². The van der Waals surface area contributed by atoms with Gasteiger partial charge in [0.1, 0.15) is 10.4 Å². The van der Waals surface area contributed by atoms with Gasteiger partial charge in [0.25, 0.3) is 0 Å². The first-order chi connectivity index (χ1) is 6.02. The second-order valence-electron chi connectivity index (χ2n) is 2.98. The van der Waals surface area contributed by atoms with Crippen molar-refractivity contribution in [2.45, 2.75) is 13.0 Å². The van der Waals surface area contributed by atoms with Crippen molar-refractivity contribution in [3.05, 3.63) is 0 Å². The summed E-state index contributed by atoms with van der Waals surface area (Å²) in [6, 6.07) is -0.446. The third-order valence-corrected chi connectivity index (χ3v) is 3.65. The monoisotopic (exact) mass is 220 g/mol. The molecule has 6 heteroatoms. The van der Waals surface area contributed by atoms with E-state index in [0.717, 1.165) is 4.32 Å². The van der Waals surface area contributed by atoms with Gasteiger partial charge in [-0.25, -0.2) is 0 Å². The maximum atomic E-state index is 10.7. The molecule has 0 unspecified atom stereocenters. The molecule has 0 spiro atoms. The first-order valence-electron chi connectivity index (χ1n) is 3.87. The molecule has 1 fully saturated rings. The minimum absolute atomic E-state index is 0.446. The average Bonchev–Trinajstić information content (AvgIpc) is 2.08. The molecule has 0 aromatic heterocycles. The number of thioether (sulfide) groups is 1. The van der Waals surface area contributed by atoms with E-state index in [9.17, 15) is 4.79 Å². The highest BCUT2D eigenvalue weighted by Crippen LogP contribution is 2.18. The Hall–Kier alpha value is -0.330. The van der Waals surface area contributed by atoms with Gasteiger partial charge in [0, 0.05) is 7.05 Å². The Balaban J connectivity index is 2.55. The summed E-state index contributed by atoms with van der Waals surface area (Å²) in [6.45, 7) is 2.28. The van der Waals surface area contributed by atoms with Crippen LogP contribution in [0.25, 0.3) is 0 Å². The second kappa shape index (κ2) is 4.26. The van der Waals surface area contributed by atoms with Gasteiger partial charge in [-0.15, -0.1) is 0 Å². The fourth-order valence-electron chi connectivity index (χ4n) is 1.01.